The number of aromatic nitrogens is 1. The molecule has 1 aromatic heterocycles. The van der Waals surface area contributed by atoms with E-state index in [-0.39, 0.29) is 16.8 Å². The second kappa shape index (κ2) is 7.37. The van der Waals surface area contributed by atoms with Crippen molar-refractivity contribution in [1.82, 2.24) is 10.3 Å². The monoisotopic (exact) mass is 332 g/mol. The Labute approximate surface area is 139 Å². The number of carbonyl (C=O) groups is 2. The normalized spacial score (nSPS) is 12.0. The molecule has 122 valence electrons. The van der Waals surface area contributed by atoms with Crippen molar-refractivity contribution in [2.24, 2.45) is 0 Å². The highest BCUT2D eigenvalue weighted by molar-refractivity contribution is 7.13. The van der Waals surface area contributed by atoms with E-state index >= 15 is 0 Å². The summed E-state index contributed by atoms with van der Waals surface area (Å²) in [6, 6.07) is 5.92. The van der Waals surface area contributed by atoms with Crippen LogP contribution in [0.2, 0.25) is 0 Å². The molecular formula is C17H20N2O3S. The van der Waals surface area contributed by atoms with Crippen LogP contribution in [0.25, 0.3) is 0 Å². The molecule has 0 saturated carbocycles. The fourth-order valence-corrected chi connectivity index (χ4v) is 3.10. The molecule has 0 aliphatic heterocycles. The van der Waals surface area contributed by atoms with Crippen LogP contribution in [0.5, 0.6) is 0 Å². The zero-order valence-corrected chi connectivity index (χ0v) is 14.2. The Kier molecular flexibility index (Phi) is 5.50. The Morgan fingerprint density at radius 3 is 2.70 bits per heavy atom. The smallest absolute Gasteiger partial charge is 0.347 e. The number of hydrogen-bond acceptors (Lipinski definition) is 4. The van der Waals surface area contributed by atoms with E-state index in [4.69, 9.17) is 5.11 Å². The lowest BCUT2D eigenvalue weighted by Gasteiger charge is -2.12. The lowest BCUT2D eigenvalue weighted by atomic mass is 10.0. The quantitative estimate of drug-likeness (QED) is 0.851. The Hall–Kier alpha value is -2.21. The summed E-state index contributed by atoms with van der Waals surface area (Å²) >= 11 is 1.08. The third kappa shape index (κ3) is 4.63. The SMILES string of the molecule is Cc1ccc(CCC(=O)NC(C)c2ncc(C(=O)O)s2)c(C)c1. The van der Waals surface area contributed by atoms with E-state index in [1.165, 1.54) is 22.9 Å². The van der Waals surface area contributed by atoms with Crippen molar-refractivity contribution in [3.8, 4) is 0 Å². The molecule has 2 rings (SSSR count). The molecule has 0 fully saturated rings. The van der Waals surface area contributed by atoms with Crippen LogP contribution in [-0.2, 0) is 11.2 Å². The van der Waals surface area contributed by atoms with Crippen LogP contribution in [0, 0.1) is 13.8 Å². The van der Waals surface area contributed by atoms with Crippen LogP contribution in [0.3, 0.4) is 0 Å². The fraction of sp³-hybridized carbons (Fsp3) is 0.353. The summed E-state index contributed by atoms with van der Waals surface area (Å²) in [6.07, 6.45) is 2.40. The molecule has 0 aliphatic rings. The first-order valence-corrected chi connectivity index (χ1v) is 8.23. The zero-order valence-electron chi connectivity index (χ0n) is 13.4. The molecule has 1 atom stereocenters. The molecule has 1 heterocycles. The molecule has 2 N–H and O–H groups in total. The third-order valence-corrected chi connectivity index (χ3v) is 4.77. The van der Waals surface area contributed by atoms with Crippen molar-refractivity contribution in [3.63, 3.8) is 0 Å². The molecule has 0 spiro atoms. The molecule has 2 aromatic rings. The highest BCUT2D eigenvalue weighted by Gasteiger charge is 2.16. The van der Waals surface area contributed by atoms with E-state index in [2.05, 4.69) is 22.4 Å². The van der Waals surface area contributed by atoms with Gasteiger partial charge in [-0.05, 0) is 38.3 Å². The number of rotatable bonds is 6. The number of aryl methyl sites for hydroxylation is 3. The van der Waals surface area contributed by atoms with Gasteiger partial charge in [0.25, 0.3) is 0 Å². The number of thiazole rings is 1. The van der Waals surface area contributed by atoms with Crippen LogP contribution in [0.15, 0.2) is 24.4 Å². The summed E-state index contributed by atoms with van der Waals surface area (Å²) < 4.78 is 0. The number of aromatic carboxylic acids is 1. The van der Waals surface area contributed by atoms with Crippen LogP contribution < -0.4 is 5.32 Å². The van der Waals surface area contributed by atoms with Gasteiger partial charge in [0.2, 0.25) is 5.91 Å². The zero-order chi connectivity index (χ0) is 17.0. The van der Waals surface area contributed by atoms with E-state index in [0.717, 1.165) is 11.3 Å². The topological polar surface area (TPSA) is 79.3 Å². The van der Waals surface area contributed by atoms with Crippen molar-refractivity contribution in [1.29, 1.82) is 0 Å². The standard InChI is InChI=1S/C17H20N2O3S/c1-10-4-5-13(11(2)8-10)6-7-15(20)19-12(3)16-18-9-14(23-16)17(21)22/h4-5,8-9,12H,6-7H2,1-3H3,(H,19,20)(H,21,22). The van der Waals surface area contributed by atoms with Gasteiger partial charge in [-0.2, -0.15) is 0 Å². The maximum absolute atomic E-state index is 12.1. The number of benzene rings is 1. The van der Waals surface area contributed by atoms with Gasteiger partial charge < -0.3 is 10.4 Å². The number of carbonyl (C=O) groups excluding carboxylic acids is 1. The largest absolute Gasteiger partial charge is 0.477 e. The number of carboxylic acid groups (broad SMARTS) is 1. The first kappa shape index (κ1) is 17.1. The lowest BCUT2D eigenvalue weighted by molar-refractivity contribution is -0.121. The molecule has 0 saturated heterocycles. The predicted octanol–water partition coefficient (Wildman–Crippen LogP) is 3.27. The molecular weight excluding hydrogens is 312 g/mol. The van der Waals surface area contributed by atoms with Gasteiger partial charge in [0.15, 0.2) is 0 Å². The average molecular weight is 332 g/mol. The molecule has 5 nitrogen and oxygen atoms in total. The number of amides is 1. The van der Waals surface area contributed by atoms with E-state index in [0.29, 0.717) is 17.8 Å². The number of carboxylic acids is 1. The van der Waals surface area contributed by atoms with Gasteiger partial charge in [-0.25, -0.2) is 9.78 Å². The number of hydrogen-bond donors (Lipinski definition) is 2. The van der Waals surface area contributed by atoms with Gasteiger partial charge in [-0.3, -0.25) is 4.79 Å². The predicted molar refractivity (Wildman–Crippen MR) is 89.9 cm³/mol. The first-order valence-electron chi connectivity index (χ1n) is 7.41. The summed E-state index contributed by atoms with van der Waals surface area (Å²) in [5.74, 6) is -1.06. The maximum atomic E-state index is 12.1. The highest BCUT2D eigenvalue weighted by atomic mass is 32.1. The first-order chi connectivity index (χ1) is 10.9. The van der Waals surface area contributed by atoms with Gasteiger partial charge >= 0.3 is 5.97 Å². The minimum atomic E-state index is -0.998. The summed E-state index contributed by atoms with van der Waals surface area (Å²) in [4.78, 5) is 27.2. The van der Waals surface area contributed by atoms with Crippen molar-refractivity contribution in [2.45, 2.75) is 39.7 Å². The van der Waals surface area contributed by atoms with Crippen molar-refractivity contribution < 1.29 is 14.7 Å². The van der Waals surface area contributed by atoms with Gasteiger partial charge in [0, 0.05) is 6.42 Å². The summed E-state index contributed by atoms with van der Waals surface area (Å²) in [5.41, 5.74) is 3.57. The van der Waals surface area contributed by atoms with Gasteiger partial charge in [0.05, 0.1) is 12.2 Å². The van der Waals surface area contributed by atoms with Crippen LogP contribution in [-0.4, -0.2) is 22.0 Å². The number of nitrogens with zero attached hydrogens (tertiary/aromatic N) is 1. The lowest BCUT2D eigenvalue weighted by Crippen LogP contribution is -2.26. The third-order valence-electron chi connectivity index (χ3n) is 3.60. The highest BCUT2D eigenvalue weighted by Crippen LogP contribution is 2.20. The van der Waals surface area contributed by atoms with Gasteiger partial charge in [-0.15, -0.1) is 11.3 Å². The Morgan fingerprint density at radius 2 is 2.09 bits per heavy atom. The fourth-order valence-electron chi connectivity index (χ4n) is 2.34. The molecule has 0 aliphatic carbocycles. The molecule has 0 bridgehead atoms. The Balaban J connectivity index is 1.89. The molecule has 6 heteroatoms. The minimum absolute atomic E-state index is 0.0652. The van der Waals surface area contributed by atoms with Crippen molar-refractivity contribution >= 4 is 23.2 Å². The van der Waals surface area contributed by atoms with E-state index in [1.807, 2.05) is 19.9 Å². The van der Waals surface area contributed by atoms with Crippen molar-refractivity contribution in [3.05, 3.63) is 51.0 Å². The van der Waals surface area contributed by atoms with E-state index < -0.39 is 5.97 Å². The summed E-state index contributed by atoms with van der Waals surface area (Å²) in [7, 11) is 0. The molecule has 23 heavy (non-hydrogen) atoms. The van der Waals surface area contributed by atoms with Crippen molar-refractivity contribution in [2.75, 3.05) is 0 Å². The van der Waals surface area contributed by atoms with Crippen LogP contribution in [0.4, 0.5) is 0 Å². The second-order valence-electron chi connectivity index (χ2n) is 5.59. The van der Waals surface area contributed by atoms with Gasteiger partial charge in [-0.1, -0.05) is 23.8 Å². The molecule has 1 unspecified atom stereocenters. The Morgan fingerprint density at radius 1 is 1.35 bits per heavy atom. The average Bonchev–Trinajstić information content (AvgIpc) is 2.96. The molecule has 1 amide bonds. The summed E-state index contributed by atoms with van der Waals surface area (Å²) in [5, 5.41) is 12.4. The van der Waals surface area contributed by atoms with Gasteiger partial charge in [0.1, 0.15) is 9.88 Å². The molecule has 0 radical (unpaired) electrons. The van der Waals surface area contributed by atoms with Crippen LogP contribution >= 0.6 is 11.3 Å². The summed E-state index contributed by atoms with van der Waals surface area (Å²) in [6.45, 7) is 5.90. The van der Waals surface area contributed by atoms with Crippen LogP contribution in [0.1, 0.15) is 50.8 Å². The van der Waals surface area contributed by atoms with E-state index in [9.17, 15) is 9.59 Å². The second-order valence-corrected chi connectivity index (χ2v) is 6.65. The Bertz CT molecular complexity index is 724. The number of nitrogens with one attached hydrogen (secondary N) is 1. The maximum Gasteiger partial charge on any atom is 0.347 e. The van der Waals surface area contributed by atoms with E-state index in [1.54, 1.807) is 6.92 Å². The minimum Gasteiger partial charge on any atom is -0.477 e. The molecule has 1 aromatic carbocycles.